The van der Waals surface area contributed by atoms with Crippen molar-refractivity contribution >= 4 is 11.7 Å². The van der Waals surface area contributed by atoms with Gasteiger partial charge in [-0.15, -0.1) is 0 Å². The Morgan fingerprint density at radius 1 is 1.14 bits per heavy atom. The summed E-state index contributed by atoms with van der Waals surface area (Å²) in [6, 6.07) is 8.66. The number of hydrogen-bond donors (Lipinski definition) is 1. The number of piperazine rings is 1. The van der Waals surface area contributed by atoms with Crippen molar-refractivity contribution in [3.63, 3.8) is 0 Å². The number of hydrogen-bond acceptors (Lipinski definition) is 6. The van der Waals surface area contributed by atoms with Gasteiger partial charge in [-0.3, -0.25) is 14.7 Å². The summed E-state index contributed by atoms with van der Waals surface area (Å²) in [5.41, 5.74) is 2.60. The average molecular weight is 398 g/mol. The molecule has 1 aromatic carbocycles. The van der Waals surface area contributed by atoms with Crippen molar-refractivity contribution in [2.75, 3.05) is 51.3 Å². The Morgan fingerprint density at radius 2 is 1.86 bits per heavy atom. The molecule has 1 N–H and O–H groups in total. The zero-order valence-electron chi connectivity index (χ0n) is 17.6. The van der Waals surface area contributed by atoms with Crippen LogP contribution in [0.25, 0.3) is 0 Å². The zero-order chi connectivity index (χ0) is 20.6. The number of nitrogens with one attached hydrogen (secondary N) is 1. The molecule has 2 heterocycles. The van der Waals surface area contributed by atoms with Gasteiger partial charge in [0.25, 0.3) is 0 Å². The second kappa shape index (κ2) is 10.2. The highest BCUT2D eigenvalue weighted by Gasteiger charge is 2.20. The third kappa shape index (κ3) is 6.15. The average Bonchev–Trinajstić information content (AvgIpc) is 2.74. The van der Waals surface area contributed by atoms with Crippen LogP contribution < -0.4 is 15.0 Å². The number of methoxy groups -OCH3 is 1. The molecule has 1 amide bonds. The lowest BCUT2D eigenvalue weighted by molar-refractivity contribution is -0.122. The maximum absolute atomic E-state index is 12.3. The number of rotatable bonds is 8. The lowest BCUT2D eigenvalue weighted by atomic mass is 10.0. The van der Waals surface area contributed by atoms with Gasteiger partial charge in [-0.25, -0.2) is 0 Å². The molecule has 0 atom stereocenters. The largest absolute Gasteiger partial charge is 0.480 e. The van der Waals surface area contributed by atoms with Crippen molar-refractivity contribution in [1.82, 2.24) is 20.2 Å². The van der Waals surface area contributed by atoms with Gasteiger partial charge in [0.2, 0.25) is 11.8 Å². The molecule has 1 aromatic heterocycles. The van der Waals surface area contributed by atoms with Crippen LogP contribution >= 0.6 is 0 Å². The van der Waals surface area contributed by atoms with Crippen molar-refractivity contribution in [1.29, 1.82) is 0 Å². The second-order valence-electron chi connectivity index (χ2n) is 7.68. The van der Waals surface area contributed by atoms with E-state index in [4.69, 9.17) is 4.74 Å². The standard InChI is InChI=1S/C22H31N5O2/c1-17(2)19-6-4-18(5-7-19)8-9-24-21(28)16-26-10-12-27(13-11-26)20-14-23-15-22(25-20)29-3/h4-7,14-15,17H,8-13,16H2,1-3H3,(H,24,28). The minimum absolute atomic E-state index is 0.0819. The number of ether oxygens (including phenoxy) is 1. The van der Waals surface area contributed by atoms with Gasteiger partial charge in [-0.2, -0.15) is 4.98 Å². The third-order valence-electron chi connectivity index (χ3n) is 5.25. The van der Waals surface area contributed by atoms with Gasteiger partial charge in [0.05, 0.1) is 26.0 Å². The Labute approximate surface area is 173 Å². The highest BCUT2D eigenvalue weighted by Crippen LogP contribution is 2.16. The zero-order valence-corrected chi connectivity index (χ0v) is 17.6. The molecule has 2 aromatic rings. The SMILES string of the molecule is COc1cncc(N2CCN(CC(=O)NCCc3ccc(C(C)C)cc3)CC2)n1. The first-order chi connectivity index (χ1) is 14.0. The maximum Gasteiger partial charge on any atom is 0.234 e. The number of aromatic nitrogens is 2. The first kappa shape index (κ1) is 21.0. The first-order valence-corrected chi connectivity index (χ1v) is 10.2. The van der Waals surface area contributed by atoms with Crippen LogP contribution in [0.15, 0.2) is 36.7 Å². The van der Waals surface area contributed by atoms with Crippen molar-refractivity contribution in [3.8, 4) is 5.88 Å². The summed E-state index contributed by atoms with van der Waals surface area (Å²) in [5.74, 6) is 1.96. The van der Waals surface area contributed by atoms with E-state index in [0.717, 1.165) is 38.4 Å². The van der Waals surface area contributed by atoms with Crippen LogP contribution in [0.1, 0.15) is 30.9 Å². The number of carbonyl (C=O) groups excluding carboxylic acids is 1. The van der Waals surface area contributed by atoms with E-state index in [1.807, 2.05) is 0 Å². The molecule has 1 fully saturated rings. The van der Waals surface area contributed by atoms with Gasteiger partial charge in [0, 0.05) is 32.7 Å². The summed E-state index contributed by atoms with van der Waals surface area (Å²) < 4.78 is 5.14. The fraction of sp³-hybridized carbons (Fsp3) is 0.500. The number of amides is 1. The molecule has 7 heteroatoms. The second-order valence-corrected chi connectivity index (χ2v) is 7.68. The molecule has 29 heavy (non-hydrogen) atoms. The molecule has 0 aliphatic carbocycles. The molecule has 1 aliphatic rings. The predicted molar refractivity (Wildman–Crippen MR) is 114 cm³/mol. The Hall–Kier alpha value is -2.67. The fourth-order valence-electron chi connectivity index (χ4n) is 3.40. The van der Waals surface area contributed by atoms with Crippen LogP contribution in [0.5, 0.6) is 5.88 Å². The lowest BCUT2D eigenvalue weighted by Gasteiger charge is -2.34. The van der Waals surface area contributed by atoms with E-state index in [-0.39, 0.29) is 5.91 Å². The lowest BCUT2D eigenvalue weighted by Crippen LogP contribution is -2.49. The first-order valence-electron chi connectivity index (χ1n) is 10.2. The van der Waals surface area contributed by atoms with Gasteiger partial charge >= 0.3 is 0 Å². The summed E-state index contributed by atoms with van der Waals surface area (Å²) >= 11 is 0. The number of carbonyl (C=O) groups is 1. The van der Waals surface area contributed by atoms with Crippen molar-refractivity contribution < 1.29 is 9.53 Å². The Bertz CT molecular complexity index is 786. The van der Waals surface area contributed by atoms with E-state index < -0.39 is 0 Å². The molecule has 156 valence electrons. The molecular weight excluding hydrogens is 366 g/mol. The molecule has 0 radical (unpaired) electrons. The van der Waals surface area contributed by atoms with Crippen LogP contribution in [0.4, 0.5) is 5.82 Å². The van der Waals surface area contributed by atoms with E-state index in [1.165, 1.54) is 11.1 Å². The van der Waals surface area contributed by atoms with E-state index in [1.54, 1.807) is 19.5 Å². The number of anilines is 1. The van der Waals surface area contributed by atoms with Gasteiger partial charge in [-0.05, 0) is 23.5 Å². The Kier molecular flexibility index (Phi) is 7.41. The van der Waals surface area contributed by atoms with Gasteiger partial charge in [0.1, 0.15) is 0 Å². The van der Waals surface area contributed by atoms with E-state index >= 15 is 0 Å². The fourth-order valence-corrected chi connectivity index (χ4v) is 3.40. The molecule has 1 saturated heterocycles. The van der Waals surface area contributed by atoms with Gasteiger partial charge in [-0.1, -0.05) is 38.1 Å². The predicted octanol–water partition coefficient (Wildman–Crippen LogP) is 2.09. The number of nitrogens with zero attached hydrogens (tertiary/aromatic N) is 4. The Balaban J connectivity index is 1.37. The van der Waals surface area contributed by atoms with Crippen molar-refractivity contribution in [2.24, 2.45) is 0 Å². The Morgan fingerprint density at radius 3 is 2.52 bits per heavy atom. The van der Waals surface area contributed by atoms with Gasteiger partial charge in [0.15, 0.2) is 5.82 Å². The molecular formula is C22H31N5O2. The van der Waals surface area contributed by atoms with E-state index in [9.17, 15) is 4.79 Å². The molecule has 0 bridgehead atoms. The van der Waals surface area contributed by atoms with E-state index in [0.29, 0.717) is 24.9 Å². The van der Waals surface area contributed by atoms with Crippen molar-refractivity contribution in [3.05, 3.63) is 47.8 Å². The summed E-state index contributed by atoms with van der Waals surface area (Å²) in [4.78, 5) is 25.2. The van der Waals surface area contributed by atoms with Crippen LogP contribution in [0, 0.1) is 0 Å². The van der Waals surface area contributed by atoms with Crippen LogP contribution in [-0.4, -0.2) is 67.2 Å². The molecule has 0 spiro atoms. The molecule has 0 saturated carbocycles. The monoisotopic (exact) mass is 397 g/mol. The quantitative estimate of drug-likeness (QED) is 0.736. The summed E-state index contributed by atoms with van der Waals surface area (Å²) in [7, 11) is 1.59. The molecule has 0 unspecified atom stereocenters. The normalized spacial score (nSPS) is 14.8. The molecule has 3 rings (SSSR count). The summed E-state index contributed by atoms with van der Waals surface area (Å²) in [5, 5.41) is 3.04. The van der Waals surface area contributed by atoms with Gasteiger partial charge < -0.3 is 15.0 Å². The molecule has 7 nitrogen and oxygen atoms in total. The summed E-state index contributed by atoms with van der Waals surface area (Å²) in [6.07, 6.45) is 4.20. The third-order valence-corrected chi connectivity index (χ3v) is 5.25. The minimum Gasteiger partial charge on any atom is -0.480 e. The van der Waals surface area contributed by atoms with Crippen LogP contribution in [0.3, 0.4) is 0 Å². The minimum atomic E-state index is 0.0819. The smallest absolute Gasteiger partial charge is 0.234 e. The summed E-state index contributed by atoms with van der Waals surface area (Å²) in [6.45, 7) is 8.77. The molecule has 1 aliphatic heterocycles. The van der Waals surface area contributed by atoms with Crippen molar-refractivity contribution in [2.45, 2.75) is 26.2 Å². The van der Waals surface area contributed by atoms with Crippen LogP contribution in [0.2, 0.25) is 0 Å². The van der Waals surface area contributed by atoms with Crippen LogP contribution in [-0.2, 0) is 11.2 Å². The van der Waals surface area contributed by atoms with E-state index in [2.05, 4.69) is 63.2 Å². The number of benzene rings is 1. The topological polar surface area (TPSA) is 70.6 Å². The highest BCUT2D eigenvalue weighted by atomic mass is 16.5. The highest BCUT2D eigenvalue weighted by molar-refractivity contribution is 5.78. The maximum atomic E-state index is 12.3.